The molecular formula is C18H28O10. The summed E-state index contributed by atoms with van der Waals surface area (Å²) in [6.45, 7) is 3.59. The minimum absolute atomic E-state index is 0.0255. The molecule has 10 heteroatoms. The summed E-state index contributed by atoms with van der Waals surface area (Å²) in [7, 11) is 0. The molecule has 2 heterocycles. The van der Waals surface area contributed by atoms with E-state index in [1.54, 1.807) is 0 Å². The summed E-state index contributed by atoms with van der Waals surface area (Å²) < 4.78 is 14.0. The largest absolute Gasteiger partial charge is 0.481 e. The Morgan fingerprint density at radius 2 is 1.32 bits per heavy atom. The summed E-state index contributed by atoms with van der Waals surface area (Å²) in [5.74, 6) is -2.72. The van der Waals surface area contributed by atoms with Crippen molar-refractivity contribution in [3.05, 3.63) is 0 Å². The van der Waals surface area contributed by atoms with Crippen LogP contribution in [0.4, 0.5) is 0 Å². The highest BCUT2D eigenvalue weighted by molar-refractivity contribution is 5.86. The lowest BCUT2D eigenvalue weighted by atomic mass is 10.2. The highest BCUT2D eigenvalue weighted by Crippen LogP contribution is 2.08. The number of esters is 3. The fraction of sp³-hybridized carbons (Fsp3) is 0.722. The maximum absolute atomic E-state index is 10.7. The van der Waals surface area contributed by atoms with Crippen molar-refractivity contribution >= 4 is 29.8 Å². The summed E-state index contributed by atoms with van der Waals surface area (Å²) >= 11 is 0. The lowest BCUT2D eigenvalue weighted by molar-refractivity contribution is -0.191. The number of carboxylic acid groups (broad SMARTS) is 2. The van der Waals surface area contributed by atoms with Crippen molar-refractivity contribution in [1.82, 2.24) is 0 Å². The highest BCUT2D eigenvalue weighted by Gasteiger charge is 2.32. The number of cyclic esters (lactones) is 3. The van der Waals surface area contributed by atoms with Gasteiger partial charge in [-0.2, -0.15) is 0 Å². The summed E-state index contributed by atoms with van der Waals surface area (Å²) in [5, 5.41) is 16.3. The molecular weight excluding hydrogens is 376 g/mol. The predicted octanol–water partition coefficient (Wildman–Crippen LogP) is 1.68. The molecule has 160 valence electrons. The van der Waals surface area contributed by atoms with Gasteiger partial charge in [-0.25, -0.2) is 9.59 Å². The van der Waals surface area contributed by atoms with Crippen molar-refractivity contribution < 1.29 is 48.4 Å². The Kier molecular flexibility index (Phi) is 13.0. The smallest absolute Gasteiger partial charge is 0.347 e. The SMILES string of the molecule is CC1OC(=O)C(C)OC1=O.O=C(O)CCCCC(=O)O.O=C1CCCCCO1. The van der Waals surface area contributed by atoms with E-state index in [1.807, 2.05) is 0 Å². The fourth-order valence-electron chi connectivity index (χ4n) is 2.00. The lowest BCUT2D eigenvalue weighted by Crippen LogP contribution is -2.40. The number of aliphatic carboxylic acids is 2. The fourth-order valence-corrected chi connectivity index (χ4v) is 2.00. The Morgan fingerprint density at radius 3 is 1.75 bits per heavy atom. The van der Waals surface area contributed by atoms with E-state index in [4.69, 9.17) is 14.9 Å². The van der Waals surface area contributed by atoms with E-state index in [0.29, 0.717) is 25.9 Å². The first-order chi connectivity index (χ1) is 13.1. The molecule has 2 N–H and O–H groups in total. The quantitative estimate of drug-likeness (QED) is 0.393. The maximum atomic E-state index is 10.7. The highest BCUT2D eigenvalue weighted by atomic mass is 16.6. The van der Waals surface area contributed by atoms with Gasteiger partial charge in [-0.1, -0.05) is 0 Å². The number of rotatable bonds is 5. The van der Waals surface area contributed by atoms with Crippen molar-refractivity contribution in [3.63, 3.8) is 0 Å². The summed E-state index contributed by atoms with van der Waals surface area (Å²) in [4.78, 5) is 51.6. The van der Waals surface area contributed by atoms with Crippen LogP contribution in [-0.2, 0) is 38.2 Å². The number of carbonyl (C=O) groups is 5. The molecule has 2 aliphatic heterocycles. The van der Waals surface area contributed by atoms with Gasteiger partial charge in [0.1, 0.15) is 0 Å². The normalized spacial score (nSPS) is 21.3. The summed E-state index contributed by atoms with van der Waals surface area (Å²) in [6, 6.07) is 0. The average Bonchev–Trinajstić information content (AvgIpc) is 2.85. The zero-order valence-corrected chi connectivity index (χ0v) is 16.2. The van der Waals surface area contributed by atoms with Crippen LogP contribution in [0.25, 0.3) is 0 Å². The third-order valence-electron chi connectivity index (χ3n) is 3.57. The number of carbonyl (C=O) groups excluding carboxylic acids is 3. The number of carboxylic acids is 2. The van der Waals surface area contributed by atoms with E-state index in [1.165, 1.54) is 13.8 Å². The predicted molar refractivity (Wildman–Crippen MR) is 94.3 cm³/mol. The Bertz CT molecular complexity index is 496. The standard InChI is InChI=1S/C6H8O4.C6H10O4.C6H10O2/c1-3-5(7)10-4(2)6(8)9-3;7-5(8)3-1-2-4-6(9)10;7-6-4-2-1-3-5-8-6/h3-4H,1-2H3;1-4H2,(H,7,8)(H,9,10);1-5H2. The molecule has 2 rings (SSSR count). The Labute approximate surface area is 163 Å². The second-order valence-electron chi connectivity index (χ2n) is 6.18. The van der Waals surface area contributed by atoms with Gasteiger partial charge >= 0.3 is 29.8 Å². The minimum atomic E-state index is -0.870. The van der Waals surface area contributed by atoms with Crippen LogP contribution in [0, 0.1) is 0 Å². The van der Waals surface area contributed by atoms with Crippen LogP contribution >= 0.6 is 0 Å². The van der Waals surface area contributed by atoms with Gasteiger partial charge in [-0.3, -0.25) is 14.4 Å². The first kappa shape index (κ1) is 25.4. The van der Waals surface area contributed by atoms with Gasteiger partial charge in [0.25, 0.3) is 0 Å². The van der Waals surface area contributed by atoms with Crippen molar-refractivity contribution in [2.75, 3.05) is 6.61 Å². The van der Waals surface area contributed by atoms with Crippen LogP contribution in [0.2, 0.25) is 0 Å². The number of hydrogen-bond donors (Lipinski definition) is 2. The van der Waals surface area contributed by atoms with E-state index in [2.05, 4.69) is 9.47 Å². The Hall–Kier alpha value is -2.65. The molecule has 2 fully saturated rings. The zero-order chi connectivity index (χ0) is 21.5. The van der Waals surface area contributed by atoms with Gasteiger partial charge in [0.15, 0.2) is 12.2 Å². The van der Waals surface area contributed by atoms with Crippen LogP contribution in [-0.4, -0.2) is 58.9 Å². The first-order valence-corrected chi connectivity index (χ1v) is 9.13. The van der Waals surface area contributed by atoms with E-state index in [-0.39, 0.29) is 18.8 Å². The second-order valence-corrected chi connectivity index (χ2v) is 6.18. The molecule has 0 spiro atoms. The van der Waals surface area contributed by atoms with Crippen molar-refractivity contribution in [3.8, 4) is 0 Å². The van der Waals surface area contributed by atoms with E-state index >= 15 is 0 Å². The van der Waals surface area contributed by atoms with Gasteiger partial charge < -0.3 is 24.4 Å². The molecule has 0 aromatic heterocycles. The first-order valence-electron chi connectivity index (χ1n) is 9.13. The van der Waals surface area contributed by atoms with Gasteiger partial charge in [0, 0.05) is 19.3 Å². The van der Waals surface area contributed by atoms with Crippen molar-refractivity contribution in [1.29, 1.82) is 0 Å². The third kappa shape index (κ3) is 13.5. The van der Waals surface area contributed by atoms with Crippen molar-refractivity contribution in [2.45, 2.75) is 77.4 Å². The molecule has 2 atom stereocenters. The molecule has 0 saturated carbocycles. The second kappa shape index (κ2) is 14.4. The molecule has 2 aliphatic rings. The van der Waals surface area contributed by atoms with Crippen LogP contribution in [0.1, 0.15) is 65.2 Å². The summed E-state index contributed by atoms with van der Waals surface area (Å²) in [6.07, 6.45) is 3.35. The van der Waals surface area contributed by atoms with Crippen LogP contribution < -0.4 is 0 Å². The van der Waals surface area contributed by atoms with Gasteiger partial charge in [0.05, 0.1) is 6.61 Å². The average molecular weight is 404 g/mol. The summed E-state index contributed by atoms with van der Waals surface area (Å²) in [5.41, 5.74) is 0. The van der Waals surface area contributed by atoms with Crippen LogP contribution in [0.5, 0.6) is 0 Å². The molecule has 28 heavy (non-hydrogen) atoms. The molecule has 0 aliphatic carbocycles. The van der Waals surface area contributed by atoms with Gasteiger partial charge in [-0.15, -0.1) is 0 Å². The minimum Gasteiger partial charge on any atom is -0.481 e. The van der Waals surface area contributed by atoms with Crippen molar-refractivity contribution in [2.24, 2.45) is 0 Å². The van der Waals surface area contributed by atoms with Gasteiger partial charge in [-0.05, 0) is 46.0 Å². The van der Waals surface area contributed by atoms with E-state index < -0.39 is 36.1 Å². The molecule has 2 saturated heterocycles. The van der Waals surface area contributed by atoms with E-state index in [9.17, 15) is 24.0 Å². The number of hydrogen-bond acceptors (Lipinski definition) is 8. The molecule has 0 bridgehead atoms. The molecule has 0 aromatic carbocycles. The Morgan fingerprint density at radius 1 is 0.857 bits per heavy atom. The molecule has 0 amide bonds. The van der Waals surface area contributed by atoms with Crippen LogP contribution in [0.3, 0.4) is 0 Å². The number of unbranched alkanes of at least 4 members (excludes halogenated alkanes) is 1. The van der Waals surface area contributed by atoms with E-state index in [0.717, 1.165) is 19.3 Å². The Balaban J connectivity index is 0.000000393. The molecule has 10 nitrogen and oxygen atoms in total. The molecule has 0 radical (unpaired) electrons. The van der Waals surface area contributed by atoms with Crippen LogP contribution in [0.15, 0.2) is 0 Å². The lowest BCUT2D eigenvalue weighted by Gasteiger charge is -2.22. The maximum Gasteiger partial charge on any atom is 0.347 e. The topological polar surface area (TPSA) is 154 Å². The third-order valence-corrected chi connectivity index (χ3v) is 3.57. The zero-order valence-electron chi connectivity index (χ0n) is 16.2. The van der Waals surface area contributed by atoms with Gasteiger partial charge in [0.2, 0.25) is 0 Å². The molecule has 2 unspecified atom stereocenters. The monoisotopic (exact) mass is 404 g/mol. The number of ether oxygens (including phenoxy) is 3. The molecule has 0 aromatic rings.